The molecule has 0 aliphatic carbocycles. The van der Waals surface area contributed by atoms with Crippen LogP contribution in [0.25, 0.3) is 33.4 Å². The van der Waals surface area contributed by atoms with Gasteiger partial charge in [-0.25, -0.2) is 4.98 Å². The molecule has 0 spiro atoms. The number of rotatable bonds is 2. The molecular weight excluding hydrogens is 292 g/mol. The largest absolute Gasteiger partial charge is 0.306 e. The summed E-state index contributed by atoms with van der Waals surface area (Å²) in [7, 11) is 0. The van der Waals surface area contributed by atoms with Crippen LogP contribution in [0.15, 0.2) is 70.2 Å². The fourth-order valence-corrected chi connectivity index (χ4v) is 3.13. The number of nitrogens with zero attached hydrogens (tertiary/aromatic N) is 1. The maximum Gasteiger partial charge on any atom is 0.259 e. The van der Waals surface area contributed by atoms with Crippen LogP contribution >= 0.6 is 11.3 Å². The van der Waals surface area contributed by atoms with Gasteiger partial charge < -0.3 is 4.98 Å². The maximum absolute atomic E-state index is 12.4. The molecule has 0 aliphatic rings. The summed E-state index contributed by atoms with van der Waals surface area (Å²) >= 11 is 1.58. The summed E-state index contributed by atoms with van der Waals surface area (Å²) in [6.45, 7) is 0. The average molecular weight is 304 g/mol. The summed E-state index contributed by atoms with van der Waals surface area (Å²) in [5.41, 5.74) is 3.65. The molecule has 0 amide bonds. The Morgan fingerprint density at radius 2 is 1.77 bits per heavy atom. The van der Waals surface area contributed by atoms with E-state index in [2.05, 4.69) is 9.97 Å². The summed E-state index contributed by atoms with van der Waals surface area (Å²) in [6, 6.07) is 17.8. The van der Waals surface area contributed by atoms with Crippen LogP contribution in [-0.4, -0.2) is 9.97 Å². The minimum absolute atomic E-state index is 0.107. The van der Waals surface area contributed by atoms with Crippen molar-refractivity contribution in [2.75, 3.05) is 0 Å². The van der Waals surface area contributed by atoms with Gasteiger partial charge in [-0.1, -0.05) is 36.4 Å². The predicted molar refractivity (Wildman–Crippen MR) is 91.1 cm³/mol. The van der Waals surface area contributed by atoms with Crippen molar-refractivity contribution >= 4 is 22.2 Å². The van der Waals surface area contributed by atoms with Gasteiger partial charge in [-0.15, -0.1) is 0 Å². The zero-order chi connectivity index (χ0) is 14.9. The van der Waals surface area contributed by atoms with Crippen LogP contribution in [0.1, 0.15) is 0 Å². The fraction of sp³-hybridized carbons (Fsp3) is 0. The zero-order valence-electron chi connectivity index (χ0n) is 11.6. The third-order valence-corrected chi connectivity index (χ3v) is 4.29. The molecule has 2 heterocycles. The van der Waals surface area contributed by atoms with Crippen molar-refractivity contribution in [3.05, 3.63) is 75.7 Å². The molecule has 4 aromatic rings. The molecule has 106 valence electrons. The van der Waals surface area contributed by atoms with Crippen LogP contribution in [-0.2, 0) is 0 Å². The lowest BCUT2D eigenvalue weighted by Gasteiger charge is -2.05. The monoisotopic (exact) mass is 304 g/mol. The van der Waals surface area contributed by atoms with Gasteiger partial charge in [0, 0.05) is 10.9 Å². The van der Waals surface area contributed by atoms with Gasteiger partial charge in [0.05, 0.1) is 10.9 Å². The highest BCUT2D eigenvalue weighted by molar-refractivity contribution is 7.08. The van der Waals surface area contributed by atoms with Crippen LogP contribution in [0.4, 0.5) is 0 Å². The van der Waals surface area contributed by atoms with E-state index in [9.17, 15) is 4.79 Å². The SMILES string of the molecule is O=c1[nH]c(-c2ccsc2)nc2ccc(-c3ccccc3)cc12. The smallest absolute Gasteiger partial charge is 0.259 e. The van der Waals surface area contributed by atoms with E-state index in [0.29, 0.717) is 16.7 Å². The van der Waals surface area contributed by atoms with Crippen LogP contribution < -0.4 is 5.56 Å². The molecule has 0 saturated heterocycles. The van der Waals surface area contributed by atoms with E-state index in [1.807, 2.05) is 65.4 Å². The molecule has 0 aliphatic heterocycles. The Morgan fingerprint density at radius 1 is 0.909 bits per heavy atom. The van der Waals surface area contributed by atoms with Crippen LogP contribution in [0.5, 0.6) is 0 Å². The number of benzene rings is 2. The van der Waals surface area contributed by atoms with E-state index in [0.717, 1.165) is 16.7 Å². The number of hydrogen-bond acceptors (Lipinski definition) is 3. The Labute approximate surface area is 130 Å². The van der Waals surface area contributed by atoms with Gasteiger partial charge in [0.1, 0.15) is 5.82 Å². The molecule has 1 N–H and O–H groups in total. The zero-order valence-corrected chi connectivity index (χ0v) is 12.4. The minimum atomic E-state index is -0.107. The fourth-order valence-electron chi connectivity index (χ4n) is 2.48. The molecule has 0 fully saturated rings. The molecule has 3 nitrogen and oxygen atoms in total. The van der Waals surface area contributed by atoms with Gasteiger partial charge in [0.25, 0.3) is 5.56 Å². The Kier molecular flexibility index (Phi) is 3.09. The van der Waals surface area contributed by atoms with E-state index >= 15 is 0 Å². The molecule has 4 rings (SSSR count). The molecule has 4 heteroatoms. The number of nitrogens with one attached hydrogen (secondary N) is 1. The lowest BCUT2D eigenvalue weighted by atomic mass is 10.0. The molecule has 22 heavy (non-hydrogen) atoms. The van der Waals surface area contributed by atoms with Crippen molar-refractivity contribution in [1.82, 2.24) is 9.97 Å². The second kappa shape index (κ2) is 5.24. The molecular formula is C18H12N2OS. The number of thiophene rings is 1. The third kappa shape index (κ3) is 2.23. The van der Waals surface area contributed by atoms with Crippen molar-refractivity contribution in [3.8, 4) is 22.5 Å². The normalized spacial score (nSPS) is 10.9. The van der Waals surface area contributed by atoms with E-state index in [4.69, 9.17) is 0 Å². The molecule has 0 saturated carbocycles. The average Bonchev–Trinajstić information content (AvgIpc) is 3.10. The van der Waals surface area contributed by atoms with Crippen molar-refractivity contribution in [2.45, 2.75) is 0 Å². The van der Waals surface area contributed by atoms with Gasteiger partial charge in [0.15, 0.2) is 0 Å². The topological polar surface area (TPSA) is 45.8 Å². The molecule has 0 unspecified atom stereocenters. The van der Waals surface area contributed by atoms with Crippen molar-refractivity contribution < 1.29 is 0 Å². The van der Waals surface area contributed by atoms with Gasteiger partial charge in [-0.2, -0.15) is 11.3 Å². The van der Waals surface area contributed by atoms with Crippen LogP contribution in [0, 0.1) is 0 Å². The Morgan fingerprint density at radius 3 is 2.55 bits per heavy atom. The Bertz CT molecular complexity index is 989. The van der Waals surface area contributed by atoms with Gasteiger partial charge in [-0.3, -0.25) is 4.79 Å². The van der Waals surface area contributed by atoms with E-state index < -0.39 is 0 Å². The summed E-state index contributed by atoms with van der Waals surface area (Å²) in [5, 5.41) is 4.56. The standard InChI is InChI=1S/C18H12N2OS/c21-18-15-10-13(12-4-2-1-3-5-12)6-7-16(15)19-17(20-18)14-8-9-22-11-14/h1-11H,(H,19,20,21). The number of fused-ring (bicyclic) bond motifs is 1. The quantitative estimate of drug-likeness (QED) is 0.599. The summed E-state index contributed by atoms with van der Waals surface area (Å²) < 4.78 is 0. The van der Waals surface area contributed by atoms with Gasteiger partial charge in [0.2, 0.25) is 0 Å². The Hall–Kier alpha value is -2.72. The van der Waals surface area contributed by atoms with E-state index in [1.54, 1.807) is 11.3 Å². The van der Waals surface area contributed by atoms with E-state index in [-0.39, 0.29) is 5.56 Å². The number of aromatic amines is 1. The van der Waals surface area contributed by atoms with Gasteiger partial charge >= 0.3 is 0 Å². The third-order valence-electron chi connectivity index (χ3n) is 3.61. The highest BCUT2D eigenvalue weighted by Crippen LogP contribution is 2.23. The van der Waals surface area contributed by atoms with Crippen molar-refractivity contribution in [2.24, 2.45) is 0 Å². The van der Waals surface area contributed by atoms with Crippen molar-refractivity contribution in [1.29, 1.82) is 0 Å². The maximum atomic E-state index is 12.4. The van der Waals surface area contributed by atoms with Crippen molar-refractivity contribution in [3.63, 3.8) is 0 Å². The molecule has 2 aromatic heterocycles. The lowest BCUT2D eigenvalue weighted by Crippen LogP contribution is -2.09. The predicted octanol–water partition coefficient (Wildman–Crippen LogP) is 4.32. The highest BCUT2D eigenvalue weighted by atomic mass is 32.1. The summed E-state index contributed by atoms with van der Waals surface area (Å²) in [5.74, 6) is 0.617. The summed E-state index contributed by atoms with van der Waals surface area (Å²) in [6.07, 6.45) is 0. The van der Waals surface area contributed by atoms with Gasteiger partial charge in [-0.05, 0) is 34.7 Å². The number of aromatic nitrogens is 2. The Balaban J connectivity index is 1.90. The minimum Gasteiger partial charge on any atom is -0.306 e. The van der Waals surface area contributed by atoms with E-state index in [1.165, 1.54) is 0 Å². The molecule has 0 radical (unpaired) electrons. The first kappa shape index (κ1) is 13.0. The first-order valence-corrected chi connectivity index (χ1v) is 7.87. The number of H-pyrrole nitrogens is 1. The summed E-state index contributed by atoms with van der Waals surface area (Å²) in [4.78, 5) is 19.8. The second-order valence-electron chi connectivity index (χ2n) is 5.02. The first-order valence-electron chi connectivity index (χ1n) is 6.93. The van der Waals surface area contributed by atoms with Crippen LogP contribution in [0.3, 0.4) is 0 Å². The molecule has 2 aromatic carbocycles. The molecule has 0 atom stereocenters. The first-order chi connectivity index (χ1) is 10.8. The lowest BCUT2D eigenvalue weighted by molar-refractivity contribution is 1.18. The second-order valence-corrected chi connectivity index (χ2v) is 5.80. The molecule has 0 bridgehead atoms. The number of hydrogen-bond donors (Lipinski definition) is 1. The highest BCUT2D eigenvalue weighted by Gasteiger charge is 2.07. The van der Waals surface area contributed by atoms with Crippen LogP contribution in [0.2, 0.25) is 0 Å².